The van der Waals surface area contributed by atoms with Crippen LogP contribution in [0.5, 0.6) is 11.5 Å². The van der Waals surface area contributed by atoms with Crippen molar-refractivity contribution in [2.45, 2.75) is 13.5 Å². The van der Waals surface area contributed by atoms with E-state index in [-0.39, 0.29) is 12.3 Å². The van der Waals surface area contributed by atoms with Gasteiger partial charge >= 0.3 is 5.97 Å². The number of carboxylic acid groups (broad SMARTS) is 1. The van der Waals surface area contributed by atoms with E-state index in [9.17, 15) is 9.90 Å². The van der Waals surface area contributed by atoms with Gasteiger partial charge in [-0.3, -0.25) is 9.69 Å². The largest absolute Gasteiger partial charge is 0.504 e. The summed E-state index contributed by atoms with van der Waals surface area (Å²) in [6.07, 6.45) is 1.66. The lowest BCUT2D eigenvalue weighted by Crippen LogP contribution is -2.29. The Labute approximate surface area is 112 Å². The Balaban J connectivity index is 2.80. The van der Waals surface area contributed by atoms with Crippen LogP contribution >= 0.6 is 0 Å². The number of hydrogen-bond acceptors (Lipinski definition) is 4. The first-order chi connectivity index (χ1) is 9.06. The number of ether oxygens (including phenoxy) is 1. The van der Waals surface area contributed by atoms with Crippen LogP contribution in [-0.2, 0) is 11.3 Å². The maximum atomic E-state index is 10.8. The van der Waals surface area contributed by atoms with Gasteiger partial charge < -0.3 is 14.9 Å². The van der Waals surface area contributed by atoms with Gasteiger partial charge in [-0.2, -0.15) is 0 Å². The van der Waals surface area contributed by atoms with Crippen LogP contribution in [0.15, 0.2) is 30.9 Å². The molecule has 0 saturated carbocycles. The van der Waals surface area contributed by atoms with Crippen LogP contribution in [-0.4, -0.2) is 40.8 Å². The van der Waals surface area contributed by atoms with Gasteiger partial charge in [0.25, 0.3) is 0 Å². The molecule has 0 aliphatic rings. The molecular formula is C14H19NO4. The predicted molar refractivity (Wildman–Crippen MR) is 72.4 cm³/mol. The third-order valence-electron chi connectivity index (χ3n) is 2.48. The molecule has 1 rings (SSSR count). The van der Waals surface area contributed by atoms with E-state index in [0.29, 0.717) is 25.4 Å². The fraction of sp³-hybridized carbons (Fsp3) is 0.357. The summed E-state index contributed by atoms with van der Waals surface area (Å²) < 4.78 is 5.29. The normalized spacial score (nSPS) is 10.4. The molecule has 0 heterocycles. The smallest absolute Gasteiger partial charge is 0.317 e. The Kier molecular flexibility index (Phi) is 5.89. The Bertz CT molecular complexity index is 445. The van der Waals surface area contributed by atoms with E-state index in [0.717, 1.165) is 5.56 Å². The number of phenolic OH excluding ortho intramolecular Hbond substituents is 1. The lowest BCUT2D eigenvalue weighted by molar-refractivity contribution is -0.138. The molecule has 19 heavy (non-hydrogen) atoms. The zero-order chi connectivity index (χ0) is 14.3. The molecule has 1 aromatic carbocycles. The maximum absolute atomic E-state index is 10.8. The summed E-state index contributed by atoms with van der Waals surface area (Å²) in [4.78, 5) is 12.5. The highest BCUT2D eigenvalue weighted by atomic mass is 16.5. The van der Waals surface area contributed by atoms with Crippen molar-refractivity contribution in [1.82, 2.24) is 4.90 Å². The molecular weight excluding hydrogens is 246 g/mol. The third-order valence-corrected chi connectivity index (χ3v) is 2.48. The molecule has 0 radical (unpaired) electrons. The number of benzene rings is 1. The second kappa shape index (κ2) is 7.43. The number of nitrogens with zero attached hydrogens (tertiary/aromatic N) is 1. The Morgan fingerprint density at radius 1 is 1.53 bits per heavy atom. The zero-order valence-electron chi connectivity index (χ0n) is 11.0. The summed E-state index contributed by atoms with van der Waals surface area (Å²) in [5, 5.41) is 18.4. The Hall–Kier alpha value is -2.01. The highest BCUT2D eigenvalue weighted by Crippen LogP contribution is 2.27. The molecule has 0 atom stereocenters. The first-order valence-electron chi connectivity index (χ1n) is 6.06. The van der Waals surface area contributed by atoms with Crippen molar-refractivity contribution in [1.29, 1.82) is 0 Å². The molecule has 2 N–H and O–H groups in total. The van der Waals surface area contributed by atoms with Crippen LogP contribution in [0.25, 0.3) is 0 Å². The molecule has 0 unspecified atom stereocenters. The highest BCUT2D eigenvalue weighted by molar-refractivity contribution is 5.69. The van der Waals surface area contributed by atoms with Crippen molar-refractivity contribution in [3.05, 3.63) is 36.4 Å². The first-order valence-corrected chi connectivity index (χ1v) is 6.06. The molecule has 0 aliphatic heterocycles. The average Bonchev–Trinajstić information content (AvgIpc) is 2.33. The van der Waals surface area contributed by atoms with Crippen molar-refractivity contribution in [3.8, 4) is 11.5 Å². The van der Waals surface area contributed by atoms with Crippen LogP contribution in [0.1, 0.15) is 12.5 Å². The van der Waals surface area contributed by atoms with E-state index < -0.39 is 5.97 Å². The van der Waals surface area contributed by atoms with Gasteiger partial charge in [-0.25, -0.2) is 0 Å². The van der Waals surface area contributed by atoms with E-state index in [4.69, 9.17) is 9.84 Å². The van der Waals surface area contributed by atoms with Gasteiger partial charge in [0.15, 0.2) is 11.5 Å². The standard InChI is InChI=1S/C14H19NO4/c1-3-7-15(10-14(17)18)9-11-5-6-12(16)13(8-11)19-4-2/h3,5-6,8,16H,1,4,7,9-10H2,2H3,(H,17,18). The van der Waals surface area contributed by atoms with E-state index in [1.807, 2.05) is 6.92 Å². The average molecular weight is 265 g/mol. The summed E-state index contributed by atoms with van der Waals surface area (Å²) in [5.74, 6) is -0.390. The summed E-state index contributed by atoms with van der Waals surface area (Å²) in [7, 11) is 0. The van der Waals surface area contributed by atoms with Gasteiger partial charge in [0, 0.05) is 13.1 Å². The Morgan fingerprint density at radius 3 is 2.84 bits per heavy atom. The van der Waals surface area contributed by atoms with Crippen LogP contribution < -0.4 is 4.74 Å². The van der Waals surface area contributed by atoms with Crippen molar-refractivity contribution in [2.24, 2.45) is 0 Å². The van der Waals surface area contributed by atoms with Gasteiger partial charge in [-0.05, 0) is 24.6 Å². The van der Waals surface area contributed by atoms with E-state index in [2.05, 4.69) is 6.58 Å². The Morgan fingerprint density at radius 2 is 2.26 bits per heavy atom. The fourth-order valence-corrected chi connectivity index (χ4v) is 1.75. The second-order valence-electron chi connectivity index (χ2n) is 4.09. The van der Waals surface area contributed by atoms with Gasteiger partial charge in [0.05, 0.1) is 13.2 Å². The summed E-state index contributed by atoms with van der Waals surface area (Å²) in [5.41, 5.74) is 0.879. The highest BCUT2D eigenvalue weighted by Gasteiger charge is 2.10. The molecule has 0 aromatic heterocycles. The summed E-state index contributed by atoms with van der Waals surface area (Å²) >= 11 is 0. The van der Waals surface area contributed by atoms with E-state index in [1.54, 1.807) is 29.2 Å². The number of carbonyl (C=O) groups is 1. The van der Waals surface area contributed by atoms with Crippen LogP contribution in [0, 0.1) is 0 Å². The third kappa shape index (κ3) is 5.01. The zero-order valence-corrected chi connectivity index (χ0v) is 11.0. The van der Waals surface area contributed by atoms with Gasteiger partial charge in [0.1, 0.15) is 0 Å². The van der Waals surface area contributed by atoms with Crippen molar-refractivity contribution < 1.29 is 19.7 Å². The minimum Gasteiger partial charge on any atom is -0.504 e. The lowest BCUT2D eigenvalue weighted by Gasteiger charge is -2.19. The lowest BCUT2D eigenvalue weighted by atomic mass is 10.2. The van der Waals surface area contributed by atoms with Crippen LogP contribution in [0.3, 0.4) is 0 Å². The number of rotatable bonds is 8. The molecule has 0 saturated heterocycles. The number of phenols is 1. The second-order valence-corrected chi connectivity index (χ2v) is 4.09. The van der Waals surface area contributed by atoms with Crippen molar-refractivity contribution in [3.63, 3.8) is 0 Å². The molecule has 0 fully saturated rings. The van der Waals surface area contributed by atoms with Gasteiger partial charge in [-0.1, -0.05) is 12.1 Å². The van der Waals surface area contributed by atoms with Crippen molar-refractivity contribution >= 4 is 5.97 Å². The number of hydrogen-bond donors (Lipinski definition) is 2. The predicted octanol–water partition coefficient (Wildman–Crippen LogP) is 1.86. The van der Waals surface area contributed by atoms with E-state index >= 15 is 0 Å². The quantitative estimate of drug-likeness (QED) is 0.702. The number of aliphatic carboxylic acids is 1. The minimum absolute atomic E-state index is 0.0587. The van der Waals surface area contributed by atoms with Gasteiger partial charge in [0.2, 0.25) is 0 Å². The molecule has 0 aliphatic carbocycles. The number of carboxylic acids is 1. The molecule has 0 bridgehead atoms. The van der Waals surface area contributed by atoms with Gasteiger partial charge in [-0.15, -0.1) is 6.58 Å². The first kappa shape index (κ1) is 15.0. The van der Waals surface area contributed by atoms with E-state index in [1.165, 1.54) is 0 Å². The monoisotopic (exact) mass is 265 g/mol. The van der Waals surface area contributed by atoms with Crippen molar-refractivity contribution in [2.75, 3.05) is 19.7 Å². The SMILES string of the molecule is C=CCN(CC(=O)O)Cc1ccc(O)c(OCC)c1. The summed E-state index contributed by atoms with van der Waals surface area (Å²) in [6.45, 7) is 6.79. The molecule has 0 amide bonds. The minimum atomic E-state index is -0.884. The molecule has 5 heteroatoms. The molecule has 1 aromatic rings. The molecule has 104 valence electrons. The summed E-state index contributed by atoms with van der Waals surface area (Å²) in [6, 6.07) is 5.01. The molecule has 5 nitrogen and oxygen atoms in total. The maximum Gasteiger partial charge on any atom is 0.317 e. The molecule has 0 spiro atoms. The number of aromatic hydroxyl groups is 1. The topological polar surface area (TPSA) is 70.0 Å². The van der Waals surface area contributed by atoms with Crippen LogP contribution in [0.4, 0.5) is 0 Å². The van der Waals surface area contributed by atoms with Crippen LogP contribution in [0.2, 0.25) is 0 Å². The fourth-order valence-electron chi connectivity index (χ4n) is 1.75.